The Balaban J connectivity index is 1.68. The van der Waals surface area contributed by atoms with Gasteiger partial charge in [-0.2, -0.15) is 13.2 Å². The average molecular weight is 481 g/mol. The summed E-state index contributed by atoms with van der Waals surface area (Å²) in [6.07, 6.45) is -1.77. The first kappa shape index (κ1) is 23.6. The number of halogens is 4. The number of carbonyl (C=O) groups is 2. The van der Waals surface area contributed by atoms with E-state index in [4.69, 9.17) is 11.6 Å². The summed E-state index contributed by atoms with van der Waals surface area (Å²) in [5.41, 5.74) is -0.682. The monoisotopic (exact) mass is 480 g/mol. The third kappa shape index (κ3) is 5.98. The predicted octanol–water partition coefficient (Wildman–Crippen LogP) is 5.30. The van der Waals surface area contributed by atoms with E-state index in [0.29, 0.717) is 23.3 Å². The second kappa shape index (κ2) is 10.0. The molecule has 3 rings (SSSR count). The normalized spacial score (nSPS) is 11.2. The van der Waals surface area contributed by atoms with Crippen LogP contribution in [0, 0.1) is 0 Å². The summed E-state index contributed by atoms with van der Waals surface area (Å²) in [6.45, 7) is 2.29. The highest BCUT2D eigenvalue weighted by atomic mass is 35.5. The van der Waals surface area contributed by atoms with E-state index in [2.05, 4.69) is 20.6 Å². The van der Waals surface area contributed by atoms with Crippen molar-refractivity contribution in [3.05, 3.63) is 76.7 Å². The topological polar surface area (TPSA) is 84.0 Å². The van der Waals surface area contributed by atoms with E-state index in [1.807, 2.05) is 6.92 Å². The van der Waals surface area contributed by atoms with E-state index in [0.717, 1.165) is 11.0 Å². The Morgan fingerprint density at radius 3 is 2.50 bits per heavy atom. The molecule has 0 radical (unpaired) electrons. The van der Waals surface area contributed by atoms with Crippen molar-refractivity contribution in [1.29, 1.82) is 0 Å². The van der Waals surface area contributed by atoms with Crippen LogP contribution in [0.1, 0.15) is 33.3 Å². The fraction of sp³-hybridized carbons (Fsp3) is 0.143. The molecule has 11 heteroatoms. The highest BCUT2D eigenvalue weighted by molar-refractivity contribution is 7.99. The van der Waals surface area contributed by atoms with Crippen LogP contribution in [0.4, 0.5) is 18.9 Å². The van der Waals surface area contributed by atoms with Crippen LogP contribution in [0.3, 0.4) is 0 Å². The quantitative estimate of drug-likeness (QED) is 0.500. The van der Waals surface area contributed by atoms with Crippen LogP contribution in [0.25, 0.3) is 0 Å². The molecule has 2 aromatic heterocycles. The summed E-state index contributed by atoms with van der Waals surface area (Å²) in [5, 5.41) is 5.27. The van der Waals surface area contributed by atoms with Gasteiger partial charge in [0, 0.05) is 23.2 Å². The molecule has 0 saturated carbocycles. The lowest BCUT2D eigenvalue weighted by molar-refractivity contribution is -0.137. The molecule has 0 aliphatic heterocycles. The molecule has 0 aliphatic carbocycles. The van der Waals surface area contributed by atoms with Gasteiger partial charge in [-0.25, -0.2) is 4.98 Å². The van der Waals surface area contributed by atoms with E-state index in [1.54, 1.807) is 24.3 Å². The predicted molar refractivity (Wildman–Crippen MR) is 115 cm³/mol. The lowest BCUT2D eigenvalue weighted by Crippen LogP contribution is -2.23. The number of alkyl halides is 3. The number of nitrogens with one attached hydrogen (secondary N) is 2. The molecule has 0 saturated heterocycles. The minimum Gasteiger partial charge on any atom is -0.351 e. The number of anilines is 1. The Kier molecular flexibility index (Phi) is 7.37. The van der Waals surface area contributed by atoms with Crippen molar-refractivity contribution in [2.45, 2.75) is 23.0 Å². The second-order valence-electron chi connectivity index (χ2n) is 6.37. The average Bonchev–Trinajstić information content (AvgIpc) is 2.75. The summed E-state index contributed by atoms with van der Waals surface area (Å²) >= 11 is 6.87. The Bertz CT molecular complexity index is 1140. The Morgan fingerprint density at radius 2 is 1.84 bits per heavy atom. The Morgan fingerprint density at radius 1 is 1.06 bits per heavy atom. The van der Waals surface area contributed by atoms with Gasteiger partial charge in [0.15, 0.2) is 0 Å². The van der Waals surface area contributed by atoms with Crippen LogP contribution in [-0.4, -0.2) is 28.3 Å². The number of rotatable bonds is 6. The van der Waals surface area contributed by atoms with E-state index >= 15 is 0 Å². The molecule has 2 amide bonds. The maximum absolute atomic E-state index is 13.0. The number of hydrogen-bond acceptors (Lipinski definition) is 5. The highest BCUT2D eigenvalue weighted by Crippen LogP contribution is 2.35. The first-order valence-electron chi connectivity index (χ1n) is 9.23. The summed E-state index contributed by atoms with van der Waals surface area (Å²) in [6, 6.07) is 9.50. The zero-order chi connectivity index (χ0) is 23.3. The van der Waals surface area contributed by atoms with Gasteiger partial charge >= 0.3 is 6.18 Å². The number of aromatic nitrogens is 2. The van der Waals surface area contributed by atoms with Crippen molar-refractivity contribution < 1.29 is 22.8 Å². The van der Waals surface area contributed by atoms with E-state index in [9.17, 15) is 22.8 Å². The van der Waals surface area contributed by atoms with Crippen molar-refractivity contribution in [2.75, 3.05) is 11.9 Å². The lowest BCUT2D eigenvalue weighted by atomic mass is 10.1. The maximum atomic E-state index is 13.0. The van der Waals surface area contributed by atoms with Gasteiger partial charge in [-0.3, -0.25) is 14.6 Å². The molecule has 2 heterocycles. The number of nitrogens with zero attached hydrogens (tertiary/aromatic N) is 2. The molecule has 0 spiro atoms. The first-order valence-corrected chi connectivity index (χ1v) is 10.4. The minimum atomic E-state index is -4.67. The molecule has 2 N–H and O–H groups in total. The van der Waals surface area contributed by atoms with Crippen molar-refractivity contribution >= 4 is 40.9 Å². The van der Waals surface area contributed by atoms with Crippen LogP contribution in [0.15, 0.2) is 64.8 Å². The Hall–Kier alpha value is -3.11. The Labute approximate surface area is 190 Å². The summed E-state index contributed by atoms with van der Waals surface area (Å²) in [7, 11) is 0. The number of carbonyl (C=O) groups excluding carboxylic acids is 2. The van der Waals surface area contributed by atoms with Crippen LogP contribution >= 0.6 is 23.4 Å². The standard InChI is InChI=1S/C21H16ClF3N4O2S/c1-2-26-20(31)17-10-14(7-8-27-17)32-18-6-4-13(11-28-18)29-19(30)12-3-5-16(22)15(9-12)21(23,24)25/h3-11H,2H2,1H3,(H,26,31)(H,29,30). The molecule has 0 unspecified atom stereocenters. The largest absolute Gasteiger partial charge is 0.417 e. The zero-order valence-corrected chi connectivity index (χ0v) is 18.1. The number of amides is 2. The molecular formula is C21H16ClF3N4O2S. The van der Waals surface area contributed by atoms with Crippen molar-refractivity contribution in [3.8, 4) is 0 Å². The fourth-order valence-electron chi connectivity index (χ4n) is 2.57. The first-order chi connectivity index (χ1) is 15.2. The second-order valence-corrected chi connectivity index (χ2v) is 7.87. The molecule has 0 fully saturated rings. The highest BCUT2D eigenvalue weighted by Gasteiger charge is 2.33. The fourth-order valence-corrected chi connectivity index (χ4v) is 3.58. The van der Waals surface area contributed by atoms with Gasteiger partial charge < -0.3 is 10.6 Å². The molecule has 3 aromatic rings. The summed E-state index contributed by atoms with van der Waals surface area (Å²) < 4.78 is 39.0. The van der Waals surface area contributed by atoms with Crippen LogP contribution < -0.4 is 10.6 Å². The molecular weight excluding hydrogens is 465 g/mol. The smallest absolute Gasteiger partial charge is 0.351 e. The molecule has 0 aliphatic rings. The van der Waals surface area contributed by atoms with E-state index in [-0.39, 0.29) is 17.2 Å². The van der Waals surface area contributed by atoms with Crippen LogP contribution in [0.5, 0.6) is 0 Å². The third-order valence-electron chi connectivity index (χ3n) is 4.05. The molecule has 166 valence electrons. The van der Waals surface area contributed by atoms with Gasteiger partial charge in [-0.05, 0) is 49.4 Å². The van der Waals surface area contributed by atoms with Gasteiger partial charge in [-0.1, -0.05) is 23.4 Å². The molecule has 1 aromatic carbocycles. The van der Waals surface area contributed by atoms with E-state index in [1.165, 1.54) is 30.2 Å². The van der Waals surface area contributed by atoms with Crippen LogP contribution in [0.2, 0.25) is 5.02 Å². The van der Waals surface area contributed by atoms with E-state index < -0.39 is 22.7 Å². The number of benzene rings is 1. The van der Waals surface area contributed by atoms with Gasteiger partial charge in [0.25, 0.3) is 11.8 Å². The number of pyridine rings is 2. The van der Waals surface area contributed by atoms with Crippen molar-refractivity contribution in [3.63, 3.8) is 0 Å². The lowest BCUT2D eigenvalue weighted by Gasteiger charge is -2.11. The van der Waals surface area contributed by atoms with Crippen molar-refractivity contribution in [1.82, 2.24) is 15.3 Å². The minimum absolute atomic E-state index is 0.185. The van der Waals surface area contributed by atoms with Gasteiger partial charge in [0.2, 0.25) is 0 Å². The molecule has 0 atom stereocenters. The SMILES string of the molecule is CCNC(=O)c1cc(Sc2ccc(NC(=O)c3ccc(Cl)c(C(F)(F)F)c3)cn2)ccn1. The van der Waals surface area contributed by atoms with Crippen molar-refractivity contribution in [2.24, 2.45) is 0 Å². The summed E-state index contributed by atoms with van der Waals surface area (Å²) in [4.78, 5) is 33.2. The molecule has 0 bridgehead atoms. The zero-order valence-electron chi connectivity index (χ0n) is 16.5. The molecule has 6 nitrogen and oxygen atoms in total. The summed E-state index contributed by atoms with van der Waals surface area (Å²) in [5.74, 6) is -1.01. The third-order valence-corrected chi connectivity index (χ3v) is 5.32. The number of hydrogen-bond donors (Lipinski definition) is 2. The van der Waals surface area contributed by atoms with Gasteiger partial charge in [0.05, 0.1) is 22.5 Å². The van der Waals surface area contributed by atoms with Gasteiger partial charge in [0.1, 0.15) is 10.7 Å². The maximum Gasteiger partial charge on any atom is 0.417 e. The van der Waals surface area contributed by atoms with Crippen LogP contribution in [-0.2, 0) is 6.18 Å². The molecule has 32 heavy (non-hydrogen) atoms. The van der Waals surface area contributed by atoms with Gasteiger partial charge in [-0.15, -0.1) is 0 Å².